The van der Waals surface area contributed by atoms with E-state index in [-0.39, 0.29) is 11.7 Å². The van der Waals surface area contributed by atoms with Crippen LogP contribution in [0.5, 0.6) is 0 Å². The molecule has 0 radical (unpaired) electrons. The molecule has 0 spiro atoms. The van der Waals surface area contributed by atoms with Gasteiger partial charge in [-0.15, -0.1) is 0 Å². The highest BCUT2D eigenvalue weighted by Gasteiger charge is 2.29. The Balaban J connectivity index is 2.04. The fourth-order valence-corrected chi connectivity index (χ4v) is 4.04. The normalized spacial score (nSPS) is 13.6. The van der Waals surface area contributed by atoms with Gasteiger partial charge >= 0.3 is 0 Å². The van der Waals surface area contributed by atoms with Gasteiger partial charge in [-0.3, -0.25) is 9.10 Å². The molecule has 2 aromatic carbocycles. The molecule has 0 aliphatic carbocycles. The van der Waals surface area contributed by atoms with Crippen LogP contribution in [0.1, 0.15) is 25.8 Å². The minimum Gasteiger partial charge on any atom is -0.352 e. The van der Waals surface area contributed by atoms with Crippen LogP contribution in [0.25, 0.3) is 0 Å². The van der Waals surface area contributed by atoms with E-state index in [1.54, 1.807) is 0 Å². The summed E-state index contributed by atoms with van der Waals surface area (Å²) in [6, 6.07) is 13.9. The van der Waals surface area contributed by atoms with Crippen LogP contribution in [0.4, 0.5) is 10.1 Å². The topological polar surface area (TPSA) is 66.5 Å². The van der Waals surface area contributed by atoms with E-state index in [0.717, 1.165) is 23.4 Å². The zero-order valence-electron chi connectivity index (χ0n) is 15.7. The van der Waals surface area contributed by atoms with E-state index in [1.807, 2.05) is 37.3 Å². The Hall–Kier alpha value is -2.41. The molecule has 0 aliphatic rings. The molecular formula is C20H25FN2O3S. The van der Waals surface area contributed by atoms with Crippen molar-refractivity contribution in [3.05, 3.63) is 66.0 Å². The quantitative estimate of drug-likeness (QED) is 0.751. The molecule has 146 valence electrons. The van der Waals surface area contributed by atoms with Crippen LogP contribution in [-0.2, 0) is 21.2 Å². The second-order valence-electron chi connectivity index (χ2n) is 6.65. The Labute approximate surface area is 160 Å². The number of hydrogen-bond acceptors (Lipinski definition) is 3. The fourth-order valence-electron chi connectivity index (χ4n) is 2.86. The zero-order valence-corrected chi connectivity index (χ0v) is 16.5. The molecule has 0 aromatic heterocycles. The third-order valence-electron chi connectivity index (χ3n) is 4.27. The molecular weight excluding hydrogens is 367 g/mol. The second-order valence-corrected chi connectivity index (χ2v) is 8.50. The maximum Gasteiger partial charge on any atom is 0.243 e. The highest BCUT2D eigenvalue weighted by molar-refractivity contribution is 7.92. The maximum atomic E-state index is 13.2. The van der Waals surface area contributed by atoms with Gasteiger partial charge in [-0.25, -0.2) is 12.8 Å². The number of carbonyl (C=O) groups is 1. The van der Waals surface area contributed by atoms with Crippen molar-refractivity contribution in [3.8, 4) is 0 Å². The summed E-state index contributed by atoms with van der Waals surface area (Å²) in [6.45, 7) is 3.40. The van der Waals surface area contributed by atoms with Gasteiger partial charge in [0.25, 0.3) is 0 Å². The van der Waals surface area contributed by atoms with Gasteiger partial charge < -0.3 is 5.32 Å². The number of sulfonamides is 1. The van der Waals surface area contributed by atoms with E-state index in [9.17, 15) is 17.6 Å². The van der Waals surface area contributed by atoms with Crippen LogP contribution in [0, 0.1) is 5.82 Å². The molecule has 0 bridgehead atoms. The molecule has 2 atom stereocenters. The van der Waals surface area contributed by atoms with Crippen LogP contribution in [0.2, 0.25) is 0 Å². The summed E-state index contributed by atoms with van der Waals surface area (Å²) in [6.07, 6.45) is 2.57. The van der Waals surface area contributed by atoms with Gasteiger partial charge in [-0.05, 0) is 56.5 Å². The average Bonchev–Trinajstić information content (AvgIpc) is 2.61. The SMILES string of the molecule is CC(CCc1ccccc1)NC(=O)C(C)N(c1ccc(F)cc1)S(C)(=O)=O. The van der Waals surface area contributed by atoms with E-state index in [0.29, 0.717) is 0 Å². The van der Waals surface area contributed by atoms with Gasteiger partial charge in [0, 0.05) is 6.04 Å². The molecule has 5 nitrogen and oxygen atoms in total. The summed E-state index contributed by atoms with van der Waals surface area (Å²) >= 11 is 0. The highest BCUT2D eigenvalue weighted by atomic mass is 32.2. The number of nitrogens with one attached hydrogen (secondary N) is 1. The second kappa shape index (κ2) is 8.99. The zero-order chi connectivity index (χ0) is 20.0. The van der Waals surface area contributed by atoms with Crippen molar-refractivity contribution >= 4 is 21.6 Å². The van der Waals surface area contributed by atoms with E-state index in [2.05, 4.69) is 5.32 Å². The monoisotopic (exact) mass is 392 g/mol. The van der Waals surface area contributed by atoms with Crippen molar-refractivity contribution in [1.29, 1.82) is 0 Å². The molecule has 0 saturated heterocycles. The van der Waals surface area contributed by atoms with E-state index < -0.39 is 27.8 Å². The minimum atomic E-state index is -3.72. The van der Waals surface area contributed by atoms with E-state index in [4.69, 9.17) is 0 Å². The number of aryl methyl sites for hydroxylation is 1. The summed E-state index contributed by atoms with van der Waals surface area (Å²) in [4.78, 5) is 12.6. The fraction of sp³-hybridized carbons (Fsp3) is 0.350. The molecule has 0 fully saturated rings. The van der Waals surface area contributed by atoms with Crippen molar-refractivity contribution < 1.29 is 17.6 Å². The molecule has 7 heteroatoms. The Bertz CT molecular complexity index is 855. The number of carbonyl (C=O) groups excluding carboxylic acids is 1. The standard InChI is InChI=1S/C20H25FN2O3S/c1-15(9-10-17-7-5-4-6-8-17)22-20(24)16(2)23(27(3,25)26)19-13-11-18(21)12-14-19/h4-8,11-16H,9-10H2,1-3H3,(H,22,24). The summed E-state index contributed by atoms with van der Waals surface area (Å²) in [5.74, 6) is -0.871. The number of nitrogens with zero attached hydrogens (tertiary/aromatic N) is 1. The molecule has 27 heavy (non-hydrogen) atoms. The van der Waals surface area contributed by atoms with Crippen molar-refractivity contribution in [2.45, 2.75) is 38.8 Å². The van der Waals surface area contributed by atoms with Crippen molar-refractivity contribution in [3.63, 3.8) is 0 Å². The first-order valence-corrected chi connectivity index (χ1v) is 10.6. The maximum absolute atomic E-state index is 13.2. The number of anilines is 1. The van der Waals surface area contributed by atoms with Gasteiger partial charge in [0.05, 0.1) is 11.9 Å². The number of hydrogen-bond donors (Lipinski definition) is 1. The Morgan fingerprint density at radius 1 is 1.07 bits per heavy atom. The van der Waals surface area contributed by atoms with Crippen LogP contribution >= 0.6 is 0 Å². The summed E-state index contributed by atoms with van der Waals surface area (Å²) in [5.41, 5.74) is 1.43. The number of rotatable bonds is 8. The molecule has 1 amide bonds. The number of halogens is 1. The lowest BCUT2D eigenvalue weighted by Gasteiger charge is -2.29. The van der Waals surface area contributed by atoms with Crippen LogP contribution in [0.3, 0.4) is 0 Å². The lowest BCUT2D eigenvalue weighted by atomic mass is 10.1. The third kappa shape index (κ3) is 6.06. The van der Waals surface area contributed by atoms with Gasteiger partial charge in [0.1, 0.15) is 11.9 Å². The van der Waals surface area contributed by atoms with Gasteiger partial charge in [0.2, 0.25) is 15.9 Å². The van der Waals surface area contributed by atoms with Gasteiger partial charge in [-0.2, -0.15) is 0 Å². The first kappa shape index (κ1) is 20.9. The predicted octanol–water partition coefficient (Wildman–Crippen LogP) is 3.12. The molecule has 2 rings (SSSR count). The van der Waals surface area contributed by atoms with Crippen molar-refractivity contribution in [1.82, 2.24) is 5.32 Å². The number of amides is 1. The molecule has 0 saturated carbocycles. The molecule has 2 unspecified atom stereocenters. The van der Waals surface area contributed by atoms with Crippen LogP contribution in [-0.4, -0.2) is 32.7 Å². The lowest BCUT2D eigenvalue weighted by Crippen LogP contribution is -2.50. The highest BCUT2D eigenvalue weighted by Crippen LogP contribution is 2.21. The van der Waals surface area contributed by atoms with Crippen LogP contribution < -0.4 is 9.62 Å². The van der Waals surface area contributed by atoms with Gasteiger partial charge in [-0.1, -0.05) is 30.3 Å². The summed E-state index contributed by atoms with van der Waals surface area (Å²) < 4.78 is 38.6. The lowest BCUT2D eigenvalue weighted by molar-refractivity contribution is -0.122. The first-order valence-electron chi connectivity index (χ1n) is 8.77. The van der Waals surface area contributed by atoms with Crippen molar-refractivity contribution in [2.75, 3.05) is 10.6 Å². The van der Waals surface area contributed by atoms with E-state index in [1.165, 1.54) is 36.8 Å². The summed E-state index contributed by atoms with van der Waals surface area (Å²) in [7, 11) is -3.72. The number of benzene rings is 2. The molecule has 2 aromatic rings. The van der Waals surface area contributed by atoms with Gasteiger partial charge in [0.15, 0.2) is 0 Å². The first-order chi connectivity index (χ1) is 12.7. The smallest absolute Gasteiger partial charge is 0.243 e. The Morgan fingerprint density at radius 2 is 1.67 bits per heavy atom. The molecule has 0 heterocycles. The molecule has 1 N–H and O–H groups in total. The van der Waals surface area contributed by atoms with Crippen LogP contribution in [0.15, 0.2) is 54.6 Å². The predicted molar refractivity (Wildman–Crippen MR) is 106 cm³/mol. The minimum absolute atomic E-state index is 0.116. The Kier molecular flexibility index (Phi) is 6.96. The van der Waals surface area contributed by atoms with Crippen molar-refractivity contribution in [2.24, 2.45) is 0 Å². The third-order valence-corrected chi connectivity index (χ3v) is 5.51. The largest absolute Gasteiger partial charge is 0.352 e. The molecule has 0 aliphatic heterocycles. The Morgan fingerprint density at radius 3 is 2.22 bits per heavy atom. The summed E-state index contributed by atoms with van der Waals surface area (Å²) in [5, 5.41) is 2.86. The average molecular weight is 392 g/mol. The van der Waals surface area contributed by atoms with E-state index >= 15 is 0 Å².